The molecule has 4 nitrogen and oxygen atoms in total. The molecule has 2 unspecified atom stereocenters. The van der Waals surface area contributed by atoms with Gasteiger partial charge in [0.25, 0.3) is 5.56 Å². The number of benzene rings is 2. The van der Waals surface area contributed by atoms with Gasteiger partial charge in [0.15, 0.2) is 0 Å². The van der Waals surface area contributed by atoms with Gasteiger partial charge >= 0.3 is 0 Å². The topological polar surface area (TPSA) is 52.0 Å². The lowest BCUT2D eigenvalue weighted by molar-refractivity contribution is -0.104. The Morgan fingerprint density at radius 2 is 1.81 bits per heavy atom. The van der Waals surface area contributed by atoms with Crippen LogP contribution in [0.1, 0.15) is 35.1 Å². The molecule has 0 N–H and O–H groups in total. The van der Waals surface area contributed by atoms with Gasteiger partial charge in [-0.15, -0.1) is 9.24 Å². The van der Waals surface area contributed by atoms with Crippen molar-refractivity contribution in [2.45, 2.75) is 26.4 Å². The van der Waals surface area contributed by atoms with E-state index in [-0.39, 0.29) is 16.8 Å². The van der Waals surface area contributed by atoms with Gasteiger partial charge in [-0.3, -0.25) is 14.2 Å². The molecule has 0 saturated heterocycles. The Labute approximate surface area is 159 Å². The maximum atomic E-state index is 14.3. The van der Waals surface area contributed by atoms with Crippen LogP contribution >= 0.6 is 9.24 Å². The number of hydrogen-bond acceptors (Lipinski definition) is 3. The van der Waals surface area contributed by atoms with Gasteiger partial charge in [0, 0.05) is 17.3 Å². The van der Waals surface area contributed by atoms with Crippen LogP contribution in [-0.2, 0) is 4.79 Å². The molecule has 1 heterocycles. The summed E-state index contributed by atoms with van der Waals surface area (Å²) in [6.07, 6.45) is 3.10. The van der Waals surface area contributed by atoms with E-state index in [1.54, 1.807) is 4.57 Å². The fraction of sp³-hybridized carbons (Fsp3) is 0.190. The third-order valence-electron chi connectivity index (χ3n) is 4.24. The van der Waals surface area contributed by atoms with E-state index in [4.69, 9.17) is 0 Å². The van der Waals surface area contributed by atoms with Crippen LogP contribution in [0.5, 0.6) is 0 Å². The molecule has 0 aliphatic heterocycles. The molecule has 0 aliphatic carbocycles. The van der Waals surface area contributed by atoms with Gasteiger partial charge in [-0.1, -0.05) is 13.0 Å². The molecule has 0 aliphatic rings. The molecule has 2 atom stereocenters. The van der Waals surface area contributed by atoms with E-state index < -0.39 is 5.82 Å². The zero-order chi connectivity index (χ0) is 19.7. The molecule has 2 aromatic carbocycles. The quantitative estimate of drug-likeness (QED) is 0.384. The monoisotopic (exact) mass is 382 g/mol. The van der Waals surface area contributed by atoms with Crippen LogP contribution in [0.4, 0.5) is 4.39 Å². The Hall–Kier alpha value is -2.65. The molecule has 3 rings (SSSR count). The van der Waals surface area contributed by atoms with E-state index in [1.807, 2.05) is 39.0 Å². The van der Waals surface area contributed by atoms with Gasteiger partial charge in [-0.2, -0.15) is 0 Å². The van der Waals surface area contributed by atoms with E-state index in [1.165, 1.54) is 24.3 Å². The van der Waals surface area contributed by atoms with Crippen molar-refractivity contribution >= 4 is 32.5 Å². The van der Waals surface area contributed by atoms with E-state index in [0.717, 1.165) is 16.8 Å². The van der Waals surface area contributed by atoms with E-state index >= 15 is 0 Å². The second-order valence-corrected chi connectivity index (χ2v) is 7.63. The van der Waals surface area contributed by atoms with Crippen LogP contribution in [0, 0.1) is 19.7 Å². The lowest BCUT2D eigenvalue weighted by atomic mass is 10.1. The number of aryl methyl sites for hydroxylation is 2. The minimum Gasteiger partial charge on any atom is -0.299 e. The Balaban J connectivity index is 2.40. The Morgan fingerprint density at radius 3 is 2.41 bits per heavy atom. The number of carbonyl (C=O) groups is 1. The molecule has 0 bridgehead atoms. The average molecular weight is 382 g/mol. The van der Waals surface area contributed by atoms with Gasteiger partial charge in [-0.05, 0) is 55.3 Å². The molecule has 1 aromatic heterocycles. The van der Waals surface area contributed by atoms with Crippen molar-refractivity contribution in [3.63, 3.8) is 0 Å². The summed E-state index contributed by atoms with van der Waals surface area (Å²) in [6, 6.07) is 8.56. The largest absolute Gasteiger partial charge is 0.299 e. The first kappa shape index (κ1) is 19.1. The maximum Gasteiger partial charge on any atom is 0.266 e. The van der Waals surface area contributed by atoms with Crippen molar-refractivity contribution in [2.24, 2.45) is 0 Å². The number of aldehydes is 1. The molecule has 0 spiro atoms. The molecule has 0 saturated carbocycles. The Kier molecular flexibility index (Phi) is 5.33. The van der Waals surface area contributed by atoms with Gasteiger partial charge in [0.05, 0.1) is 16.6 Å². The summed E-state index contributed by atoms with van der Waals surface area (Å²) in [5, 5.41) is 0.301. The highest BCUT2D eigenvalue weighted by Gasteiger charge is 2.17. The predicted molar refractivity (Wildman–Crippen MR) is 110 cm³/mol. The predicted octanol–water partition coefficient (Wildman–Crippen LogP) is 4.29. The fourth-order valence-corrected chi connectivity index (χ4v) is 3.37. The number of nitrogens with zero attached hydrogens (tertiary/aromatic N) is 2. The van der Waals surface area contributed by atoms with Crippen molar-refractivity contribution in [1.82, 2.24) is 9.55 Å². The first-order valence-corrected chi connectivity index (χ1v) is 9.20. The lowest BCUT2D eigenvalue weighted by Gasteiger charge is -2.17. The third kappa shape index (κ3) is 3.74. The summed E-state index contributed by atoms with van der Waals surface area (Å²) in [5.74, 6) is 0.0112. The van der Waals surface area contributed by atoms with E-state index in [9.17, 15) is 14.0 Å². The van der Waals surface area contributed by atoms with Crippen LogP contribution < -0.4 is 5.56 Å². The zero-order valence-electron chi connectivity index (χ0n) is 15.4. The molecule has 3 aromatic rings. The number of halogens is 1. The molecular formula is C21H20FN2O2P. The summed E-state index contributed by atoms with van der Waals surface area (Å²) < 4.78 is 15.9. The fourth-order valence-electron chi connectivity index (χ4n) is 3.15. The summed E-state index contributed by atoms with van der Waals surface area (Å²) >= 11 is 0. The van der Waals surface area contributed by atoms with Crippen LogP contribution in [0.3, 0.4) is 0 Å². The van der Waals surface area contributed by atoms with Crippen molar-refractivity contribution in [3.05, 3.63) is 75.1 Å². The van der Waals surface area contributed by atoms with E-state index in [2.05, 4.69) is 14.2 Å². The minimum atomic E-state index is -0.529. The molecular weight excluding hydrogens is 362 g/mol. The number of carbonyl (C=O) groups excluding carboxylic acids is 1. The molecule has 0 amide bonds. The third-order valence-corrected chi connectivity index (χ3v) is 4.54. The van der Waals surface area contributed by atoms with Crippen LogP contribution in [0.2, 0.25) is 0 Å². The highest BCUT2D eigenvalue weighted by atomic mass is 31.0. The zero-order valence-corrected chi connectivity index (χ0v) is 16.5. The number of hydrogen-bond donors (Lipinski definition) is 0. The Bertz CT molecular complexity index is 1110. The van der Waals surface area contributed by atoms with Crippen LogP contribution in [0.25, 0.3) is 22.7 Å². The standard InChI is InChI=1S/C21H20FN2O2P/c1-12-7-13(2)9-16(8-12)24-20(14(3)27)23-19-11-18(22)15(5-4-6-25)10-17(19)21(24)26/h4-11,14H,27H2,1-3H3/b5-4+. The summed E-state index contributed by atoms with van der Waals surface area (Å²) in [5.41, 5.74) is 2.89. The molecule has 6 heteroatoms. The van der Waals surface area contributed by atoms with Crippen molar-refractivity contribution < 1.29 is 9.18 Å². The number of allylic oxidation sites excluding steroid dienone is 1. The summed E-state index contributed by atoms with van der Waals surface area (Å²) in [6.45, 7) is 5.85. The highest BCUT2D eigenvalue weighted by molar-refractivity contribution is 7.17. The van der Waals surface area contributed by atoms with Gasteiger partial charge < -0.3 is 0 Å². The smallest absolute Gasteiger partial charge is 0.266 e. The van der Waals surface area contributed by atoms with Crippen LogP contribution in [0.15, 0.2) is 41.2 Å². The van der Waals surface area contributed by atoms with Crippen molar-refractivity contribution in [2.75, 3.05) is 0 Å². The average Bonchev–Trinajstić information content (AvgIpc) is 2.59. The summed E-state index contributed by atoms with van der Waals surface area (Å²) in [4.78, 5) is 28.4. The van der Waals surface area contributed by atoms with Crippen molar-refractivity contribution in [1.29, 1.82) is 0 Å². The second-order valence-electron chi connectivity index (χ2n) is 6.63. The van der Waals surface area contributed by atoms with Crippen molar-refractivity contribution in [3.8, 4) is 5.69 Å². The highest BCUT2D eigenvalue weighted by Crippen LogP contribution is 2.26. The molecule has 27 heavy (non-hydrogen) atoms. The first-order chi connectivity index (χ1) is 12.8. The van der Waals surface area contributed by atoms with Crippen LogP contribution in [-0.4, -0.2) is 15.8 Å². The minimum absolute atomic E-state index is 0.111. The lowest BCUT2D eigenvalue weighted by Crippen LogP contribution is -2.24. The second kappa shape index (κ2) is 7.53. The number of aromatic nitrogens is 2. The van der Waals surface area contributed by atoms with Gasteiger partial charge in [0.2, 0.25) is 0 Å². The molecule has 0 fully saturated rings. The normalized spacial score (nSPS) is 12.6. The number of rotatable bonds is 4. The SMILES string of the molecule is Cc1cc(C)cc(-n2c(C(C)P)nc3cc(F)c(/C=C/C=O)cc3c2=O)c1. The van der Waals surface area contributed by atoms with Gasteiger partial charge in [0.1, 0.15) is 17.9 Å². The number of fused-ring (bicyclic) bond motifs is 1. The first-order valence-electron chi connectivity index (χ1n) is 8.54. The van der Waals surface area contributed by atoms with Gasteiger partial charge in [-0.25, -0.2) is 9.37 Å². The molecule has 0 radical (unpaired) electrons. The van der Waals surface area contributed by atoms with E-state index in [0.29, 0.717) is 23.0 Å². The Morgan fingerprint density at radius 1 is 1.15 bits per heavy atom. The molecule has 138 valence electrons. The summed E-state index contributed by atoms with van der Waals surface area (Å²) in [7, 11) is 2.63. The maximum absolute atomic E-state index is 14.3.